The summed E-state index contributed by atoms with van der Waals surface area (Å²) in [5.41, 5.74) is -0.373. The minimum absolute atomic E-state index is 0.0903. The monoisotopic (exact) mass is 180 g/mol. The van der Waals surface area contributed by atoms with Crippen molar-refractivity contribution in [2.45, 2.75) is 19.4 Å². The molecule has 0 amide bonds. The van der Waals surface area contributed by atoms with Crippen LogP contribution in [0.4, 0.5) is 0 Å². The molecule has 0 aromatic heterocycles. The van der Waals surface area contributed by atoms with Crippen LogP contribution in [0.3, 0.4) is 0 Å². The fourth-order valence-electron chi connectivity index (χ4n) is 0.619. The Labute approximate surface area is 68.4 Å². The fourth-order valence-corrected chi connectivity index (χ4v) is 1.86. The third kappa shape index (κ3) is 4.34. The summed E-state index contributed by atoms with van der Waals surface area (Å²) in [5, 5.41) is 2.91. The number of nitrogens with one attached hydrogen (secondary N) is 2. The Bertz CT molecular complexity index is 209. The lowest BCUT2D eigenvalue weighted by atomic mass is 10.1. The van der Waals surface area contributed by atoms with Crippen molar-refractivity contribution in [3.05, 3.63) is 0 Å². The second-order valence-corrected chi connectivity index (χ2v) is 5.02. The molecule has 0 fully saturated rings. The predicted molar refractivity (Wildman–Crippen MR) is 46.0 cm³/mol. The van der Waals surface area contributed by atoms with E-state index in [2.05, 4.69) is 10.0 Å². The van der Waals surface area contributed by atoms with Crippen LogP contribution in [0.1, 0.15) is 13.8 Å². The third-order valence-corrected chi connectivity index (χ3v) is 3.26. The van der Waals surface area contributed by atoms with Crippen LogP contribution in [0.2, 0.25) is 0 Å². The van der Waals surface area contributed by atoms with Crippen molar-refractivity contribution in [3.8, 4) is 0 Å². The van der Waals surface area contributed by atoms with E-state index >= 15 is 0 Å². The Morgan fingerprint density at radius 2 is 1.73 bits per heavy atom. The van der Waals surface area contributed by atoms with E-state index in [1.165, 1.54) is 7.05 Å². The maximum atomic E-state index is 11.0. The van der Waals surface area contributed by atoms with Gasteiger partial charge in [0.2, 0.25) is 10.0 Å². The Kier molecular flexibility index (Phi) is 3.47. The molecule has 0 saturated heterocycles. The van der Waals surface area contributed by atoms with Crippen LogP contribution in [-0.4, -0.2) is 33.8 Å². The largest absolute Gasteiger partial charge is 0.314 e. The second kappa shape index (κ2) is 3.51. The molecular formula is C6H16N2O2S. The van der Waals surface area contributed by atoms with Crippen LogP contribution in [0.25, 0.3) is 0 Å². The van der Waals surface area contributed by atoms with Crippen LogP contribution >= 0.6 is 0 Å². The molecular weight excluding hydrogens is 164 g/mol. The van der Waals surface area contributed by atoms with Gasteiger partial charge in [0.1, 0.15) is 0 Å². The van der Waals surface area contributed by atoms with Crippen LogP contribution in [-0.2, 0) is 10.0 Å². The molecule has 0 radical (unpaired) electrons. The molecule has 0 aromatic rings. The molecule has 0 aliphatic heterocycles. The van der Waals surface area contributed by atoms with E-state index in [4.69, 9.17) is 0 Å². The average Bonchev–Trinajstić information content (AvgIpc) is 1.86. The SMILES string of the molecule is CNC(C)(C)CS(=O)(=O)NC. The van der Waals surface area contributed by atoms with E-state index in [9.17, 15) is 8.42 Å². The number of hydrogen-bond acceptors (Lipinski definition) is 3. The summed E-state index contributed by atoms with van der Waals surface area (Å²) < 4.78 is 24.3. The van der Waals surface area contributed by atoms with Crippen molar-refractivity contribution >= 4 is 10.0 Å². The van der Waals surface area contributed by atoms with Crippen LogP contribution in [0.5, 0.6) is 0 Å². The van der Waals surface area contributed by atoms with Gasteiger partial charge in [-0.05, 0) is 27.9 Å². The van der Waals surface area contributed by atoms with E-state index in [-0.39, 0.29) is 11.3 Å². The lowest BCUT2D eigenvalue weighted by Crippen LogP contribution is -2.45. The predicted octanol–water partition coefficient (Wildman–Crippen LogP) is -0.466. The highest BCUT2D eigenvalue weighted by Crippen LogP contribution is 2.03. The molecule has 2 N–H and O–H groups in total. The van der Waals surface area contributed by atoms with Gasteiger partial charge in [-0.25, -0.2) is 13.1 Å². The molecule has 0 heterocycles. The molecule has 0 bridgehead atoms. The third-order valence-electron chi connectivity index (χ3n) is 1.54. The van der Waals surface area contributed by atoms with E-state index in [0.29, 0.717) is 0 Å². The highest BCUT2D eigenvalue weighted by Gasteiger charge is 2.22. The highest BCUT2D eigenvalue weighted by atomic mass is 32.2. The normalized spacial score (nSPS) is 13.5. The number of rotatable bonds is 4. The van der Waals surface area contributed by atoms with Crippen molar-refractivity contribution in [3.63, 3.8) is 0 Å². The molecule has 0 spiro atoms. The van der Waals surface area contributed by atoms with Crippen molar-refractivity contribution in [2.75, 3.05) is 19.8 Å². The summed E-state index contributed by atoms with van der Waals surface area (Å²) in [6.45, 7) is 3.67. The van der Waals surface area contributed by atoms with Gasteiger partial charge in [0.05, 0.1) is 5.75 Å². The van der Waals surface area contributed by atoms with Gasteiger partial charge in [0.25, 0.3) is 0 Å². The number of hydrogen-bond donors (Lipinski definition) is 2. The van der Waals surface area contributed by atoms with Gasteiger partial charge in [0, 0.05) is 5.54 Å². The van der Waals surface area contributed by atoms with Crippen LogP contribution in [0, 0.1) is 0 Å². The highest BCUT2D eigenvalue weighted by molar-refractivity contribution is 7.89. The summed E-state index contributed by atoms with van der Waals surface area (Å²) in [6.07, 6.45) is 0. The Morgan fingerprint density at radius 1 is 1.27 bits per heavy atom. The van der Waals surface area contributed by atoms with E-state index in [1.54, 1.807) is 7.05 Å². The van der Waals surface area contributed by atoms with Crippen molar-refractivity contribution in [1.82, 2.24) is 10.0 Å². The van der Waals surface area contributed by atoms with Gasteiger partial charge in [-0.3, -0.25) is 0 Å². The Hall–Kier alpha value is -0.130. The second-order valence-electron chi connectivity index (χ2n) is 3.10. The molecule has 4 nitrogen and oxygen atoms in total. The molecule has 0 saturated carbocycles. The average molecular weight is 180 g/mol. The Balaban J connectivity index is 4.26. The summed E-state index contributed by atoms with van der Waals surface area (Å²) in [4.78, 5) is 0. The van der Waals surface area contributed by atoms with Gasteiger partial charge < -0.3 is 5.32 Å². The number of sulfonamides is 1. The zero-order valence-corrected chi connectivity index (χ0v) is 8.25. The van der Waals surface area contributed by atoms with Crippen molar-refractivity contribution in [2.24, 2.45) is 0 Å². The first-order valence-electron chi connectivity index (χ1n) is 3.43. The molecule has 0 aromatic carbocycles. The molecule has 11 heavy (non-hydrogen) atoms. The molecule has 0 aliphatic rings. The molecule has 5 heteroatoms. The van der Waals surface area contributed by atoms with Crippen molar-refractivity contribution < 1.29 is 8.42 Å². The summed E-state index contributed by atoms with van der Waals surface area (Å²) in [7, 11) is 0.0572. The molecule has 0 atom stereocenters. The summed E-state index contributed by atoms with van der Waals surface area (Å²) in [5.74, 6) is 0.0903. The van der Waals surface area contributed by atoms with E-state index in [1.807, 2.05) is 13.8 Å². The fraction of sp³-hybridized carbons (Fsp3) is 1.00. The zero-order valence-electron chi connectivity index (χ0n) is 7.43. The van der Waals surface area contributed by atoms with Crippen LogP contribution in [0.15, 0.2) is 0 Å². The quantitative estimate of drug-likeness (QED) is 0.615. The smallest absolute Gasteiger partial charge is 0.213 e. The minimum Gasteiger partial charge on any atom is -0.314 e. The lowest BCUT2D eigenvalue weighted by molar-refractivity contribution is 0.461. The first kappa shape index (κ1) is 10.9. The van der Waals surface area contributed by atoms with Crippen molar-refractivity contribution in [1.29, 1.82) is 0 Å². The van der Waals surface area contributed by atoms with E-state index in [0.717, 1.165) is 0 Å². The zero-order chi connectivity index (χ0) is 9.12. The van der Waals surface area contributed by atoms with Gasteiger partial charge in [-0.1, -0.05) is 0 Å². The summed E-state index contributed by atoms with van der Waals surface area (Å²) in [6, 6.07) is 0. The van der Waals surface area contributed by atoms with Gasteiger partial charge >= 0.3 is 0 Å². The maximum Gasteiger partial charge on any atom is 0.213 e. The van der Waals surface area contributed by atoms with Gasteiger partial charge in [-0.15, -0.1) is 0 Å². The van der Waals surface area contributed by atoms with Gasteiger partial charge in [-0.2, -0.15) is 0 Å². The molecule has 0 rings (SSSR count). The molecule has 68 valence electrons. The lowest BCUT2D eigenvalue weighted by Gasteiger charge is -2.22. The maximum absolute atomic E-state index is 11.0. The minimum atomic E-state index is -3.10. The topological polar surface area (TPSA) is 58.2 Å². The summed E-state index contributed by atoms with van der Waals surface area (Å²) >= 11 is 0. The van der Waals surface area contributed by atoms with E-state index < -0.39 is 10.0 Å². The first-order valence-corrected chi connectivity index (χ1v) is 5.08. The van der Waals surface area contributed by atoms with Crippen LogP contribution < -0.4 is 10.0 Å². The first-order chi connectivity index (χ1) is 4.83. The molecule has 0 aliphatic carbocycles. The van der Waals surface area contributed by atoms with Gasteiger partial charge in [0.15, 0.2) is 0 Å². The Morgan fingerprint density at radius 3 is 2.00 bits per heavy atom. The standard InChI is InChI=1S/C6H16N2O2S/c1-6(2,7-3)5-11(9,10)8-4/h7-8H,5H2,1-4H3. The molecule has 0 unspecified atom stereocenters.